The number of hydrogen-bond donors (Lipinski definition) is 2. The van der Waals surface area contributed by atoms with Crippen molar-refractivity contribution in [2.45, 2.75) is 18.6 Å². The minimum absolute atomic E-state index is 0.0988. The second kappa shape index (κ2) is 11.6. The number of carbonyl (C=O) groups is 2. The van der Waals surface area contributed by atoms with Crippen molar-refractivity contribution in [2.24, 2.45) is 0 Å². The Morgan fingerprint density at radius 2 is 1.78 bits per heavy atom. The van der Waals surface area contributed by atoms with Crippen LogP contribution in [0.5, 0.6) is 11.5 Å². The molecular formula is C23H23N7O4S2. The number of carbonyl (C=O) groups excluding carboxylic acids is 2. The zero-order valence-corrected chi connectivity index (χ0v) is 21.4. The first kappa shape index (κ1) is 25.1. The van der Waals surface area contributed by atoms with Crippen LogP contribution >= 0.6 is 23.1 Å². The highest BCUT2D eigenvalue weighted by molar-refractivity contribution is 7.99. The molecular weight excluding hydrogens is 502 g/mol. The summed E-state index contributed by atoms with van der Waals surface area (Å²) in [6, 6.07) is 14.4. The summed E-state index contributed by atoms with van der Waals surface area (Å²) in [4.78, 5) is 25.2. The monoisotopic (exact) mass is 525 g/mol. The van der Waals surface area contributed by atoms with E-state index in [1.54, 1.807) is 18.2 Å². The van der Waals surface area contributed by atoms with Crippen molar-refractivity contribution in [3.8, 4) is 17.2 Å². The number of nitrogens with one attached hydrogen (secondary N) is 2. The summed E-state index contributed by atoms with van der Waals surface area (Å²) in [5.41, 5.74) is 1.22. The quantitative estimate of drug-likeness (QED) is 0.300. The maximum Gasteiger partial charge on any atom is 0.251 e. The molecule has 0 spiro atoms. The van der Waals surface area contributed by atoms with E-state index in [0.29, 0.717) is 33.2 Å². The van der Waals surface area contributed by atoms with E-state index in [9.17, 15) is 9.59 Å². The molecule has 0 aliphatic heterocycles. The van der Waals surface area contributed by atoms with Crippen LogP contribution in [-0.4, -0.2) is 56.7 Å². The maximum absolute atomic E-state index is 12.8. The van der Waals surface area contributed by atoms with Gasteiger partial charge in [0.05, 0.1) is 26.5 Å². The molecule has 0 saturated carbocycles. The normalized spacial score (nSPS) is 10.6. The third-order valence-electron chi connectivity index (χ3n) is 4.87. The van der Waals surface area contributed by atoms with Gasteiger partial charge in [-0.25, -0.2) is 0 Å². The molecule has 36 heavy (non-hydrogen) atoms. The fourth-order valence-electron chi connectivity index (χ4n) is 3.22. The number of para-hydroxylation sites is 1. The molecule has 4 aromatic rings. The number of aromatic nitrogens is 5. The molecule has 2 N–H and O–H groups in total. The molecule has 0 fully saturated rings. The molecule has 0 aliphatic carbocycles. The van der Waals surface area contributed by atoms with Crippen LogP contribution in [0.25, 0.3) is 5.69 Å². The fourth-order valence-corrected chi connectivity index (χ4v) is 4.59. The minimum Gasteiger partial charge on any atom is -0.493 e. The van der Waals surface area contributed by atoms with Crippen LogP contribution in [0.3, 0.4) is 0 Å². The summed E-state index contributed by atoms with van der Waals surface area (Å²) in [6.07, 6.45) is 0. The molecule has 13 heteroatoms. The number of amides is 2. The summed E-state index contributed by atoms with van der Waals surface area (Å²) in [6.45, 7) is 1.93. The largest absolute Gasteiger partial charge is 0.493 e. The smallest absolute Gasteiger partial charge is 0.251 e. The molecule has 2 heterocycles. The molecule has 0 radical (unpaired) electrons. The Morgan fingerprint density at radius 1 is 1.00 bits per heavy atom. The van der Waals surface area contributed by atoms with E-state index in [-0.39, 0.29) is 24.1 Å². The van der Waals surface area contributed by atoms with Crippen LogP contribution in [0, 0.1) is 6.92 Å². The van der Waals surface area contributed by atoms with Crippen molar-refractivity contribution in [2.75, 3.05) is 25.3 Å². The number of benzene rings is 2. The summed E-state index contributed by atoms with van der Waals surface area (Å²) < 4.78 is 12.3. The third-order valence-corrected chi connectivity index (χ3v) is 6.56. The van der Waals surface area contributed by atoms with Crippen molar-refractivity contribution in [3.05, 3.63) is 64.9 Å². The molecule has 0 aliphatic rings. The first-order chi connectivity index (χ1) is 17.5. The Balaban J connectivity index is 1.48. The van der Waals surface area contributed by atoms with E-state index in [1.807, 2.05) is 41.8 Å². The number of ether oxygens (including phenoxy) is 2. The first-order valence-electron chi connectivity index (χ1n) is 10.7. The standard InChI is InChI=1S/C23H23N7O4S2/c1-14-26-28-22(36-14)25-20(31)13-35-23-29-27-19(30(23)16-7-5-4-6-8-16)12-24-21(32)15-9-10-17(33-2)18(11-15)34-3/h4-11H,12-13H2,1-3H3,(H,24,32)(H,25,28,31). The molecule has 0 atom stereocenters. The third kappa shape index (κ3) is 5.98. The molecule has 2 aromatic carbocycles. The summed E-state index contributed by atoms with van der Waals surface area (Å²) in [5.74, 6) is 1.06. The van der Waals surface area contributed by atoms with Crippen LogP contribution < -0.4 is 20.1 Å². The lowest BCUT2D eigenvalue weighted by Gasteiger charge is -2.12. The number of methoxy groups -OCH3 is 2. The first-order valence-corrected chi connectivity index (χ1v) is 12.5. The van der Waals surface area contributed by atoms with E-state index in [1.165, 1.54) is 37.3 Å². The molecule has 0 bridgehead atoms. The van der Waals surface area contributed by atoms with E-state index in [2.05, 4.69) is 31.0 Å². The number of thioether (sulfide) groups is 1. The van der Waals surface area contributed by atoms with Crippen LogP contribution in [0.15, 0.2) is 53.7 Å². The van der Waals surface area contributed by atoms with Crippen molar-refractivity contribution < 1.29 is 19.1 Å². The van der Waals surface area contributed by atoms with Gasteiger partial charge in [-0.1, -0.05) is 41.3 Å². The Kier molecular flexibility index (Phi) is 8.13. The van der Waals surface area contributed by atoms with Crippen molar-refractivity contribution in [1.29, 1.82) is 0 Å². The SMILES string of the molecule is COc1ccc(C(=O)NCc2nnc(SCC(=O)Nc3nnc(C)s3)n2-c2ccccc2)cc1OC. The second-order valence-corrected chi connectivity index (χ2v) is 9.41. The zero-order valence-electron chi connectivity index (χ0n) is 19.7. The van der Waals surface area contributed by atoms with Crippen LogP contribution in [-0.2, 0) is 11.3 Å². The lowest BCUT2D eigenvalue weighted by atomic mass is 10.2. The van der Waals surface area contributed by atoms with Gasteiger partial charge in [0.2, 0.25) is 11.0 Å². The second-order valence-electron chi connectivity index (χ2n) is 7.29. The molecule has 11 nitrogen and oxygen atoms in total. The lowest BCUT2D eigenvalue weighted by Crippen LogP contribution is -2.24. The Hall–Kier alpha value is -3.97. The van der Waals surface area contributed by atoms with Crippen LogP contribution in [0.2, 0.25) is 0 Å². The van der Waals surface area contributed by atoms with Crippen molar-refractivity contribution >= 4 is 40.0 Å². The average molecular weight is 526 g/mol. The average Bonchev–Trinajstić information content (AvgIpc) is 3.51. The number of aryl methyl sites for hydroxylation is 1. The van der Waals surface area contributed by atoms with Gasteiger partial charge in [0, 0.05) is 11.3 Å². The van der Waals surface area contributed by atoms with Gasteiger partial charge < -0.3 is 14.8 Å². The molecule has 0 unspecified atom stereocenters. The minimum atomic E-state index is -0.306. The molecule has 186 valence electrons. The van der Waals surface area contributed by atoms with Gasteiger partial charge in [-0.3, -0.25) is 19.5 Å². The van der Waals surface area contributed by atoms with Gasteiger partial charge in [-0.05, 0) is 37.3 Å². The summed E-state index contributed by atoms with van der Waals surface area (Å²) in [5, 5.41) is 23.6. The van der Waals surface area contributed by atoms with Crippen molar-refractivity contribution in [1.82, 2.24) is 30.3 Å². The molecule has 4 rings (SSSR count). The number of anilines is 1. The van der Waals surface area contributed by atoms with Gasteiger partial charge in [0.1, 0.15) is 5.01 Å². The molecule has 2 aromatic heterocycles. The molecule has 2 amide bonds. The van der Waals surface area contributed by atoms with E-state index >= 15 is 0 Å². The van der Waals surface area contributed by atoms with Crippen LogP contribution in [0.1, 0.15) is 21.2 Å². The predicted molar refractivity (Wildman–Crippen MR) is 136 cm³/mol. The maximum atomic E-state index is 12.8. The van der Waals surface area contributed by atoms with E-state index < -0.39 is 0 Å². The van der Waals surface area contributed by atoms with Gasteiger partial charge in [-0.2, -0.15) is 0 Å². The van der Waals surface area contributed by atoms with E-state index in [4.69, 9.17) is 9.47 Å². The van der Waals surface area contributed by atoms with Crippen LogP contribution in [0.4, 0.5) is 5.13 Å². The molecule has 0 saturated heterocycles. The van der Waals surface area contributed by atoms with E-state index in [0.717, 1.165) is 10.7 Å². The Labute approximate surface area is 215 Å². The fraction of sp³-hybridized carbons (Fsp3) is 0.217. The summed E-state index contributed by atoms with van der Waals surface area (Å²) in [7, 11) is 3.04. The highest BCUT2D eigenvalue weighted by Gasteiger charge is 2.18. The topological polar surface area (TPSA) is 133 Å². The zero-order chi connectivity index (χ0) is 25.5. The highest BCUT2D eigenvalue weighted by atomic mass is 32.2. The van der Waals surface area contributed by atoms with Crippen molar-refractivity contribution in [3.63, 3.8) is 0 Å². The lowest BCUT2D eigenvalue weighted by molar-refractivity contribution is -0.113. The highest BCUT2D eigenvalue weighted by Crippen LogP contribution is 2.28. The van der Waals surface area contributed by atoms with Gasteiger partial charge in [0.25, 0.3) is 5.91 Å². The van der Waals surface area contributed by atoms with Gasteiger partial charge in [0.15, 0.2) is 22.5 Å². The predicted octanol–water partition coefficient (Wildman–Crippen LogP) is 3.11. The number of hydrogen-bond acceptors (Lipinski definition) is 10. The van der Waals surface area contributed by atoms with Gasteiger partial charge in [-0.15, -0.1) is 20.4 Å². The van der Waals surface area contributed by atoms with Gasteiger partial charge >= 0.3 is 0 Å². The number of nitrogens with zero attached hydrogens (tertiary/aromatic N) is 5. The number of rotatable bonds is 10. The summed E-state index contributed by atoms with van der Waals surface area (Å²) >= 11 is 2.53. The Morgan fingerprint density at radius 3 is 2.47 bits per heavy atom. The Bertz CT molecular complexity index is 1360.